The molecule has 20 unspecified atom stereocenters. The van der Waals surface area contributed by atoms with Crippen LogP contribution in [0.2, 0.25) is 0 Å². The maximum absolute atomic E-state index is 11.8. The van der Waals surface area contributed by atoms with Crippen molar-refractivity contribution in [2.45, 2.75) is 202 Å². The SMILES string of the molecule is C=C1CC[C@@H]2[C@](COC3OC(CO)C(O)C(OC4OC(COC5OC(CO)C(O)C(O)C5O)C(O)C(O)C4O)C3OC3OC(C)C(O)C(O)C3O)(CC[C@@H]3C(C)(C)CCC[C@]32C)C1. The Balaban J connectivity index is 1.16. The molecule has 12 N–H and O–H groups in total. The standard InChI is InChI=1S/C43H72O20/c1-18-7-8-24-42(5)11-6-10-41(3,4)23(42)9-12-43(24,13-18)17-57-40-36(63-38-33(54)29(50)25(46)19(2)58-38)35(28(49)21(15-45)60-40)62-39-34(55)31(52)27(48)22(61-39)16-56-37-32(53)30(51)26(47)20(14-44)59-37/h19-40,44-55H,1,6-17H2,2-5H3/t19?,20?,21?,22?,23-,24+,25?,26?,27?,28?,29?,30?,31?,32?,33?,34?,35?,36?,37?,38?,39?,40?,42-,43-/m1/s1. The van der Waals surface area contributed by atoms with Gasteiger partial charge in [0.25, 0.3) is 0 Å². The summed E-state index contributed by atoms with van der Waals surface area (Å²) < 4.78 is 48.2. The van der Waals surface area contributed by atoms with E-state index >= 15 is 0 Å². The van der Waals surface area contributed by atoms with E-state index in [9.17, 15) is 61.3 Å². The Bertz CT molecular complexity index is 1540. The summed E-state index contributed by atoms with van der Waals surface area (Å²) in [4.78, 5) is 0. The maximum Gasteiger partial charge on any atom is 0.187 e. The second kappa shape index (κ2) is 19.5. The normalized spacial score (nSPS) is 52.8. The molecule has 4 aliphatic heterocycles. The Morgan fingerprint density at radius 2 is 1.13 bits per heavy atom. The van der Waals surface area contributed by atoms with Gasteiger partial charge in [0, 0.05) is 5.41 Å². The van der Waals surface area contributed by atoms with Gasteiger partial charge in [-0.2, -0.15) is 0 Å². The molecule has 364 valence electrons. The minimum Gasteiger partial charge on any atom is -0.394 e. The molecule has 0 spiro atoms. The summed E-state index contributed by atoms with van der Waals surface area (Å²) in [5.74, 6) is 0.748. The minimum atomic E-state index is -1.98. The van der Waals surface area contributed by atoms with E-state index in [-0.39, 0.29) is 28.8 Å². The monoisotopic (exact) mass is 908 g/mol. The van der Waals surface area contributed by atoms with Gasteiger partial charge in [-0.25, -0.2) is 0 Å². The van der Waals surface area contributed by atoms with Crippen LogP contribution in [0.4, 0.5) is 0 Å². The molecule has 0 aromatic heterocycles. The summed E-state index contributed by atoms with van der Waals surface area (Å²) in [6.07, 6.45) is -25.3. The van der Waals surface area contributed by atoms with Crippen molar-refractivity contribution < 1.29 is 99.2 Å². The number of aliphatic hydroxyl groups is 12. The predicted octanol–water partition coefficient (Wildman–Crippen LogP) is -2.73. The lowest BCUT2D eigenvalue weighted by atomic mass is 9.41. The molecule has 4 heterocycles. The summed E-state index contributed by atoms with van der Waals surface area (Å²) in [5.41, 5.74) is 0.893. The number of rotatable bonds is 12. The summed E-state index contributed by atoms with van der Waals surface area (Å²) in [7, 11) is 0. The van der Waals surface area contributed by atoms with Crippen LogP contribution in [0, 0.1) is 28.1 Å². The molecule has 0 aromatic carbocycles. The van der Waals surface area contributed by atoms with Gasteiger partial charge in [0.1, 0.15) is 91.6 Å². The zero-order chi connectivity index (χ0) is 45.9. The molecule has 3 aliphatic carbocycles. The van der Waals surface area contributed by atoms with Crippen LogP contribution in [0.15, 0.2) is 12.2 Å². The van der Waals surface area contributed by atoms with Crippen molar-refractivity contribution in [2.75, 3.05) is 26.4 Å². The van der Waals surface area contributed by atoms with Gasteiger partial charge in [0.2, 0.25) is 0 Å². The van der Waals surface area contributed by atoms with E-state index in [1.54, 1.807) is 0 Å². The van der Waals surface area contributed by atoms with E-state index in [0.717, 1.165) is 50.5 Å². The topological polar surface area (TPSA) is 317 Å². The highest BCUT2D eigenvalue weighted by Gasteiger charge is 2.62. The molecule has 20 nitrogen and oxygen atoms in total. The maximum atomic E-state index is 11.8. The summed E-state index contributed by atoms with van der Waals surface area (Å²) in [6.45, 7) is 11.0. The average molecular weight is 909 g/mol. The number of allylic oxidation sites excluding steroid dienone is 1. The van der Waals surface area contributed by atoms with E-state index < -0.39 is 143 Å². The Hall–Kier alpha value is -1.06. The number of hydrogen-bond acceptors (Lipinski definition) is 20. The van der Waals surface area contributed by atoms with Crippen molar-refractivity contribution >= 4 is 0 Å². The summed E-state index contributed by atoms with van der Waals surface area (Å²) in [5, 5.41) is 128. The first-order valence-electron chi connectivity index (χ1n) is 22.5. The minimum absolute atomic E-state index is 0.0128. The van der Waals surface area contributed by atoms with E-state index in [0.29, 0.717) is 12.3 Å². The van der Waals surface area contributed by atoms with Crippen molar-refractivity contribution in [3.8, 4) is 0 Å². The van der Waals surface area contributed by atoms with Crippen molar-refractivity contribution in [3.63, 3.8) is 0 Å². The third-order valence-electron chi connectivity index (χ3n) is 15.8. The van der Waals surface area contributed by atoms with Gasteiger partial charge < -0.3 is 99.2 Å². The van der Waals surface area contributed by atoms with E-state index in [1.807, 2.05) is 0 Å². The molecule has 7 rings (SSSR count). The van der Waals surface area contributed by atoms with Gasteiger partial charge in [0.05, 0.1) is 32.5 Å². The van der Waals surface area contributed by atoms with Crippen LogP contribution in [-0.2, 0) is 37.9 Å². The Labute approximate surface area is 367 Å². The Morgan fingerprint density at radius 1 is 0.571 bits per heavy atom. The van der Waals surface area contributed by atoms with Crippen LogP contribution in [0.25, 0.3) is 0 Å². The van der Waals surface area contributed by atoms with Gasteiger partial charge >= 0.3 is 0 Å². The van der Waals surface area contributed by atoms with Crippen LogP contribution < -0.4 is 0 Å². The van der Waals surface area contributed by atoms with Gasteiger partial charge in [-0.1, -0.05) is 39.3 Å². The van der Waals surface area contributed by atoms with E-state index in [1.165, 1.54) is 6.92 Å². The highest BCUT2D eigenvalue weighted by molar-refractivity contribution is 5.16. The number of ether oxygens (including phenoxy) is 8. The molecule has 0 aromatic rings. The fraction of sp³-hybridized carbons (Fsp3) is 0.953. The zero-order valence-electron chi connectivity index (χ0n) is 36.5. The number of fused-ring (bicyclic) bond motifs is 3. The van der Waals surface area contributed by atoms with Gasteiger partial charge in [-0.15, -0.1) is 0 Å². The molecule has 24 atom stereocenters. The molecule has 4 saturated heterocycles. The smallest absolute Gasteiger partial charge is 0.187 e. The number of hydrogen-bond donors (Lipinski definition) is 12. The number of aliphatic hydroxyl groups excluding tert-OH is 12. The van der Waals surface area contributed by atoms with Crippen molar-refractivity contribution in [1.29, 1.82) is 0 Å². The fourth-order valence-electron chi connectivity index (χ4n) is 12.3. The summed E-state index contributed by atoms with van der Waals surface area (Å²) >= 11 is 0. The molecule has 3 saturated carbocycles. The van der Waals surface area contributed by atoms with Crippen molar-refractivity contribution in [1.82, 2.24) is 0 Å². The molecule has 0 bridgehead atoms. The van der Waals surface area contributed by atoms with Crippen LogP contribution in [0.5, 0.6) is 0 Å². The van der Waals surface area contributed by atoms with Crippen molar-refractivity contribution in [3.05, 3.63) is 12.2 Å². The lowest BCUT2D eigenvalue weighted by molar-refractivity contribution is -0.394. The predicted molar refractivity (Wildman–Crippen MR) is 214 cm³/mol. The molecule has 7 fully saturated rings. The van der Waals surface area contributed by atoms with Gasteiger partial charge in [-0.05, 0) is 74.5 Å². The Morgan fingerprint density at radius 3 is 1.79 bits per heavy atom. The van der Waals surface area contributed by atoms with Gasteiger partial charge in [0.15, 0.2) is 25.2 Å². The fourth-order valence-corrected chi connectivity index (χ4v) is 12.3. The van der Waals surface area contributed by atoms with Crippen LogP contribution in [0.3, 0.4) is 0 Å². The van der Waals surface area contributed by atoms with Gasteiger partial charge in [-0.3, -0.25) is 0 Å². The summed E-state index contributed by atoms with van der Waals surface area (Å²) in [6, 6.07) is 0. The van der Waals surface area contributed by atoms with Crippen molar-refractivity contribution in [2.24, 2.45) is 28.1 Å². The highest BCUT2D eigenvalue weighted by Crippen LogP contribution is 2.68. The molecule has 7 aliphatic rings. The van der Waals surface area contributed by atoms with E-state index in [2.05, 4.69) is 27.4 Å². The first-order valence-corrected chi connectivity index (χ1v) is 22.5. The Kier molecular flexibility index (Phi) is 15.4. The third kappa shape index (κ3) is 9.42. The first kappa shape index (κ1) is 49.8. The van der Waals surface area contributed by atoms with Crippen LogP contribution in [0.1, 0.15) is 79.1 Å². The first-order chi connectivity index (χ1) is 29.7. The molecular formula is C43H72O20. The van der Waals surface area contributed by atoms with E-state index in [4.69, 9.17) is 37.9 Å². The lowest BCUT2D eigenvalue weighted by Crippen LogP contribution is -2.67. The second-order valence-corrected chi connectivity index (χ2v) is 20.3. The van der Waals surface area contributed by atoms with Crippen LogP contribution in [-0.4, -0.2) is 211 Å². The molecule has 63 heavy (non-hydrogen) atoms. The quantitative estimate of drug-likeness (QED) is 0.0885. The largest absolute Gasteiger partial charge is 0.394 e. The molecule has 0 amide bonds. The lowest BCUT2D eigenvalue weighted by Gasteiger charge is -2.65. The third-order valence-corrected chi connectivity index (χ3v) is 15.8. The molecule has 0 radical (unpaired) electrons. The second-order valence-electron chi connectivity index (χ2n) is 20.3. The average Bonchev–Trinajstić information content (AvgIpc) is 3.24. The zero-order valence-corrected chi connectivity index (χ0v) is 36.5. The highest BCUT2D eigenvalue weighted by atomic mass is 16.8. The van der Waals surface area contributed by atoms with Crippen LogP contribution >= 0.6 is 0 Å². The molecular weight excluding hydrogens is 836 g/mol. The molecule has 20 heteroatoms.